The Morgan fingerprint density at radius 1 is 1.20 bits per heavy atom. The van der Waals surface area contributed by atoms with Crippen LogP contribution in [-0.4, -0.2) is 81.3 Å². The molecule has 16 heteroatoms. The highest BCUT2D eigenvalue weighted by atomic mass is 19.4. The summed E-state index contributed by atoms with van der Waals surface area (Å²) in [7, 11) is 3.35. The van der Waals surface area contributed by atoms with Gasteiger partial charge in [-0.1, -0.05) is 5.92 Å². The normalized spacial score (nSPS) is 23.8. The van der Waals surface area contributed by atoms with Crippen LogP contribution in [0.15, 0.2) is 24.3 Å². The zero-order valence-corrected chi connectivity index (χ0v) is 31.9. The first-order chi connectivity index (χ1) is 26.6. The summed E-state index contributed by atoms with van der Waals surface area (Å²) < 4.78 is 85.5. The van der Waals surface area contributed by atoms with Crippen molar-refractivity contribution in [1.82, 2.24) is 29.5 Å². The molecule has 4 aliphatic heterocycles. The second-order valence-corrected chi connectivity index (χ2v) is 16.3. The van der Waals surface area contributed by atoms with Gasteiger partial charge in [0.25, 0.3) is 12.0 Å². The predicted molar refractivity (Wildman–Crippen MR) is 197 cm³/mol. The molecule has 1 saturated carbocycles. The van der Waals surface area contributed by atoms with Crippen LogP contribution in [0.2, 0.25) is 0 Å². The number of nitrogen functional groups attached to an aromatic ring is 1. The number of benzene rings is 1. The van der Waals surface area contributed by atoms with Gasteiger partial charge in [0.05, 0.1) is 41.7 Å². The van der Waals surface area contributed by atoms with Crippen LogP contribution in [0.5, 0.6) is 6.01 Å². The minimum atomic E-state index is -4.73. The van der Waals surface area contributed by atoms with Crippen LogP contribution in [0.3, 0.4) is 0 Å². The SMILES string of the molecule is CC#Cc1cc(N)cc(C2Cc3nc(OC[C@@]45C[C@H](C=C(F)F)CN4CC4(CC4)C5)nc(N4CCCn5nc(C(=O)N(C)C)c(C)c5C4)c3CO2)c1C(F)(F)F. The van der Waals surface area contributed by atoms with E-state index in [0.29, 0.717) is 61.8 Å². The minimum Gasteiger partial charge on any atom is -0.461 e. The molecule has 0 bridgehead atoms. The van der Waals surface area contributed by atoms with Gasteiger partial charge in [0.15, 0.2) is 5.69 Å². The van der Waals surface area contributed by atoms with Crippen molar-refractivity contribution in [3.63, 3.8) is 0 Å². The number of nitrogens with two attached hydrogens (primary N) is 1. The summed E-state index contributed by atoms with van der Waals surface area (Å²) in [6, 6.07) is 2.56. The molecule has 3 fully saturated rings. The van der Waals surface area contributed by atoms with E-state index >= 15 is 0 Å². The van der Waals surface area contributed by atoms with Gasteiger partial charge in [-0.25, -0.2) is 0 Å². The molecular weight excluding hydrogens is 735 g/mol. The Kier molecular flexibility index (Phi) is 9.55. The first-order valence-electron chi connectivity index (χ1n) is 19.0. The van der Waals surface area contributed by atoms with Crippen molar-refractivity contribution in [2.45, 2.75) is 89.9 Å². The number of hydrogen-bond donors (Lipinski definition) is 1. The Morgan fingerprint density at radius 2 is 1.98 bits per heavy atom. The van der Waals surface area contributed by atoms with Crippen molar-refractivity contribution in [3.05, 3.63) is 69.2 Å². The van der Waals surface area contributed by atoms with Crippen molar-refractivity contribution >= 4 is 17.4 Å². The van der Waals surface area contributed by atoms with Crippen LogP contribution >= 0.6 is 0 Å². The standard InChI is InChI=1S/C40H45F5N8O3/c1-5-7-25-13-26(46)14-27(33(25)40(43,44)45)31-15-29-28(19-55-31)35(51-10-6-11-53-30(18-51)23(2)34(49-53)36(54)50(3)4)48-37(47-29)56-22-39-16-24(12-32(41)42)17-52(39)21-38(20-39)8-9-38/h12-14,24,31H,6,8-11,15-22,46H2,1-4H3/t24-,31?,39-/m0/s1. The van der Waals surface area contributed by atoms with E-state index in [1.165, 1.54) is 24.0 Å². The van der Waals surface area contributed by atoms with E-state index in [1.54, 1.807) is 14.1 Å². The summed E-state index contributed by atoms with van der Waals surface area (Å²) in [4.78, 5) is 28.6. The molecule has 1 amide bonds. The number of aromatic nitrogens is 4. The molecule has 1 aliphatic carbocycles. The molecule has 6 heterocycles. The Bertz CT molecular complexity index is 2170. The Hall–Kier alpha value is -4.75. The summed E-state index contributed by atoms with van der Waals surface area (Å²) in [5.41, 5.74) is 7.76. The molecule has 298 valence electrons. The van der Waals surface area contributed by atoms with Gasteiger partial charge in [0, 0.05) is 69.1 Å². The molecule has 1 aromatic carbocycles. The number of anilines is 2. The topological polar surface area (TPSA) is 115 Å². The van der Waals surface area contributed by atoms with Crippen molar-refractivity contribution < 1.29 is 36.2 Å². The Balaban J connectivity index is 1.18. The molecule has 2 N–H and O–H groups in total. The molecule has 2 aromatic heterocycles. The summed E-state index contributed by atoms with van der Waals surface area (Å²) in [6.45, 7) is 6.25. The minimum absolute atomic E-state index is 0.0257. The van der Waals surface area contributed by atoms with Gasteiger partial charge in [-0.3, -0.25) is 14.4 Å². The van der Waals surface area contributed by atoms with E-state index in [1.807, 2.05) is 11.6 Å². The number of fused-ring (bicyclic) bond motifs is 3. The second kappa shape index (κ2) is 14.0. The van der Waals surface area contributed by atoms with E-state index in [0.717, 1.165) is 43.1 Å². The number of rotatable bonds is 7. The zero-order chi connectivity index (χ0) is 39.7. The average Bonchev–Trinajstić information content (AvgIpc) is 3.67. The van der Waals surface area contributed by atoms with Crippen LogP contribution in [0.4, 0.5) is 33.5 Å². The quantitative estimate of drug-likeness (QED) is 0.168. The van der Waals surface area contributed by atoms with E-state index in [-0.39, 0.29) is 59.7 Å². The third kappa shape index (κ3) is 6.97. The van der Waals surface area contributed by atoms with Gasteiger partial charge < -0.3 is 25.0 Å². The van der Waals surface area contributed by atoms with Crippen molar-refractivity contribution in [3.8, 4) is 17.9 Å². The van der Waals surface area contributed by atoms with Crippen molar-refractivity contribution in [2.75, 3.05) is 51.0 Å². The summed E-state index contributed by atoms with van der Waals surface area (Å²) in [6.07, 6.45) is -2.28. The third-order valence-corrected chi connectivity index (χ3v) is 12.1. The highest BCUT2D eigenvalue weighted by Crippen LogP contribution is 2.61. The monoisotopic (exact) mass is 780 g/mol. The van der Waals surface area contributed by atoms with Gasteiger partial charge in [0.2, 0.25) is 0 Å². The summed E-state index contributed by atoms with van der Waals surface area (Å²) >= 11 is 0. The van der Waals surface area contributed by atoms with Gasteiger partial charge >= 0.3 is 12.2 Å². The largest absolute Gasteiger partial charge is 0.461 e. The zero-order valence-electron chi connectivity index (χ0n) is 31.9. The molecule has 11 nitrogen and oxygen atoms in total. The molecule has 3 atom stereocenters. The maximum absolute atomic E-state index is 14.7. The number of carbonyl (C=O) groups is 1. The van der Waals surface area contributed by atoms with E-state index in [9.17, 15) is 26.7 Å². The lowest BCUT2D eigenvalue weighted by molar-refractivity contribution is -0.140. The fraction of sp³-hybridized carbons (Fsp3) is 0.550. The second-order valence-electron chi connectivity index (χ2n) is 16.3. The average molecular weight is 781 g/mol. The van der Waals surface area contributed by atoms with Gasteiger partial charge in [0.1, 0.15) is 12.4 Å². The lowest BCUT2D eigenvalue weighted by atomic mass is 9.86. The number of hydrogen-bond acceptors (Lipinski definition) is 9. The lowest BCUT2D eigenvalue weighted by Crippen LogP contribution is -2.43. The van der Waals surface area contributed by atoms with Crippen molar-refractivity contribution in [2.24, 2.45) is 11.3 Å². The van der Waals surface area contributed by atoms with E-state index in [2.05, 4.69) is 26.7 Å². The fourth-order valence-electron chi connectivity index (χ4n) is 9.42. The molecule has 1 spiro atoms. The first kappa shape index (κ1) is 38.1. The van der Waals surface area contributed by atoms with Crippen LogP contribution < -0.4 is 15.4 Å². The number of aryl methyl sites for hydroxylation is 1. The smallest absolute Gasteiger partial charge is 0.417 e. The van der Waals surface area contributed by atoms with Crippen LogP contribution in [-0.2, 0) is 37.0 Å². The fourth-order valence-corrected chi connectivity index (χ4v) is 9.42. The molecular formula is C40H45F5N8O3. The molecule has 8 rings (SSSR count). The van der Waals surface area contributed by atoms with Gasteiger partial charge in [-0.05, 0) is 81.1 Å². The highest BCUT2D eigenvalue weighted by Gasteiger charge is 2.62. The highest BCUT2D eigenvalue weighted by molar-refractivity contribution is 5.93. The van der Waals surface area contributed by atoms with E-state index in [4.69, 9.17) is 25.2 Å². The van der Waals surface area contributed by atoms with Gasteiger partial charge in [-0.15, -0.1) is 5.92 Å². The Morgan fingerprint density at radius 3 is 2.68 bits per heavy atom. The molecule has 1 unspecified atom stereocenters. The first-order valence-corrected chi connectivity index (χ1v) is 19.0. The number of nitrogens with zero attached hydrogens (tertiary/aromatic N) is 7. The molecule has 2 saturated heterocycles. The molecule has 0 radical (unpaired) electrons. The molecule has 56 heavy (non-hydrogen) atoms. The molecule has 5 aliphatic rings. The van der Waals surface area contributed by atoms with E-state index < -0.39 is 29.5 Å². The molecule has 3 aromatic rings. The number of halogens is 5. The maximum atomic E-state index is 14.7. The summed E-state index contributed by atoms with van der Waals surface area (Å²) in [5, 5.41) is 4.66. The number of amides is 1. The number of carbonyl (C=O) groups excluding carboxylic acids is 1. The number of alkyl halides is 3. The summed E-state index contributed by atoms with van der Waals surface area (Å²) in [5.74, 6) is 5.13. The predicted octanol–water partition coefficient (Wildman–Crippen LogP) is 6.28. The van der Waals surface area contributed by atoms with Crippen LogP contribution in [0.25, 0.3) is 0 Å². The Labute approximate surface area is 322 Å². The maximum Gasteiger partial charge on any atom is 0.417 e. The van der Waals surface area contributed by atoms with Crippen molar-refractivity contribution in [1.29, 1.82) is 0 Å². The van der Waals surface area contributed by atoms with Crippen LogP contribution in [0.1, 0.15) is 94.8 Å². The van der Waals surface area contributed by atoms with Crippen LogP contribution in [0, 0.1) is 30.1 Å². The number of ether oxygens (including phenoxy) is 2. The van der Waals surface area contributed by atoms with Gasteiger partial charge in [-0.2, -0.15) is 37.0 Å². The third-order valence-electron chi connectivity index (χ3n) is 12.1. The lowest BCUT2D eigenvalue weighted by Gasteiger charge is -2.33.